The summed E-state index contributed by atoms with van der Waals surface area (Å²) in [6.07, 6.45) is -2.73. The third-order valence-electron chi connectivity index (χ3n) is 3.80. The summed E-state index contributed by atoms with van der Waals surface area (Å²) in [5.74, 6) is -1.94. The van der Waals surface area contributed by atoms with Gasteiger partial charge in [0.05, 0.1) is 11.2 Å². The van der Waals surface area contributed by atoms with E-state index in [0.717, 1.165) is 12.3 Å². The van der Waals surface area contributed by atoms with Crippen molar-refractivity contribution < 1.29 is 27.3 Å². The van der Waals surface area contributed by atoms with Crippen molar-refractivity contribution in [3.63, 3.8) is 0 Å². The maximum atomic E-state index is 12.5. The number of carbonyl (C=O) groups is 1. The van der Waals surface area contributed by atoms with Crippen LogP contribution in [0, 0.1) is 0 Å². The Balaban J connectivity index is 2.30. The summed E-state index contributed by atoms with van der Waals surface area (Å²) in [6, 6.07) is 1.10. The van der Waals surface area contributed by atoms with Crippen LogP contribution in [0.4, 0.5) is 13.2 Å². The molecule has 0 spiro atoms. The van der Waals surface area contributed by atoms with E-state index in [0.29, 0.717) is 0 Å². The van der Waals surface area contributed by atoms with Gasteiger partial charge in [-0.2, -0.15) is 13.2 Å². The van der Waals surface area contributed by atoms with Crippen LogP contribution in [0.3, 0.4) is 0 Å². The van der Waals surface area contributed by atoms with Crippen LogP contribution in [0.25, 0.3) is 0 Å². The predicted molar refractivity (Wildman–Crippen MR) is 70.3 cm³/mol. The lowest BCUT2D eigenvalue weighted by Crippen LogP contribution is -2.41. The molecule has 0 aromatic carbocycles. The van der Waals surface area contributed by atoms with Crippen LogP contribution in [0.2, 0.25) is 0 Å². The topological polar surface area (TPSA) is 48.4 Å². The molecule has 0 radical (unpaired) electrons. The molecular weight excluding hydrogens is 286 g/mol. The van der Waals surface area contributed by atoms with Gasteiger partial charge in [-0.1, -0.05) is 0 Å². The molecule has 1 saturated heterocycles. The number of hydrogen-bond acceptors (Lipinski definition) is 4. The second-order valence-corrected chi connectivity index (χ2v) is 5.92. The summed E-state index contributed by atoms with van der Waals surface area (Å²) < 4.78 is 48.8. The largest absolute Gasteiger partial charge is 0.496 e. The Morgan fingerprint density at radius 2 is 1.67 bits per heavy atom. The fraction of sp³-hybridized carbons (Fsp3) is 0.538. The van der Waals surface area contributed by atoms with E-state index in [2.05, 4.69) is 4.98 Å². The molecule has 1 aromatic rings. The Hall–Kier alpha value is -1.41. The molecule has 0 saturated carbocycles. The Bertz CT molecular complexity index is 556. The molecule has 0 aliphatic carbocycles. The van der Waals surface area contributed by atoms with Gasteiger partial charge in [-0.25, -0.2) is 0 Å². The van der Waals surface area contributed by atoms with Crippen molar-refractivity contribution in [2.24, 2.45) is 0 Å². The summed E-state index contributed by atoms with van der Waals surface area (Å²) in [4.78, 5) is 14.9. The summed E-state index contributed by atoms with van der Waals surface area (Å²) in [5.41, 5.74) is -1.50. The summed E-state index contributed by atoms with van der Waals surface area (Å²) in [5, 5.41) is 0. The minimum absolute atomic E-state index is 0.281. The van der Waals surface area contributed by atoms with Gasteiger partial charge < -0.3 is 9.31 Å². The predicted octanol–water partition coefficient (Wildman–Crippen LogP) is 2.13. The van der Waals surface area contributed by atoms with Crippen molar-refractivity contribution in [1.29, 1.82) is 0 Å². The molecular formula is C13H15BF3NO3. The van der Waals surface area contributed by atoms with Gasteiger partial charge >= 0.3 is 13.3 Å². The number of carbonyl (C=O) groups excluding carboxylic acids is 1. The Kier molecular flexibility index (Phi) is 3.66. The lowest BCUT2D eigenvalue weighted by Gasteiger charge is -2.32. The third kappa shape index (κ3) is 2.96. The molecule has 0 bridgehead atoms. The minimum Gasteiger partial charge on any atom is -0.399 e. The standard InChI is InChI=1S/C13H15BF3NO3/c1-11(2)12(3,4)21-14(20-11)9-5-8(6-18-7-9)10(19)13(15,16)17/h5-7H,1-4H3. The highest BCUT2D eigenvalue weighted by Gasteiger charge is 2.52. The first-order chi connectivity index (χ1) is 9.44. The molecule has 1 aliphatic heterocycles. The monoisotopic (exact) mass is 301 g/mol. The van der Waals surface area contributed by atoms with E-state index in [1.807, 2.05) is 27.7 Å². The zero-order valence-corrected chi connectivity index (χ0v) is 12.1. The molecule has 1 fully saturated rings. The quantitative estimate of drug-likeness (QED) is 0.620. The number of alkyl halides is 3. The molecule has 0 N–H and O–H groups in total. The van der Waals surface area contributed by atoms with Gasteiger partial charge in [0.15, 0.2) is 0 Å². The van der Waals surface area contributed by atoms with Crippen LogP contribution < -0.4 is 5.46 Å². The Labute approximate surface area is 120 Å². The van der Waals surface area contributed by atoms with Crippen molar-refractivity contribution in [2.45, 2.75) is 45.1 Å². The first kappa shape index (κ1) is 16.0. The molecule has 2 rings (SSSR count). The average Bonchev–Trinajstić information content (AvgIpc) is 2.57. The zero-order chi connectivity index (χ0) is 16.1. The van der Waals surface area contributed by atoms with Gasteiger partial charge in [0, 0.05) is 23.4 Å². The Morgan fingerprint density at radius 1 is 1.14 bits per heavy atom. The van der Waals surface area contributed by atoms with Crippen LogP contribution in [-0.2, 0) is 9.31 Å². The highest BCUT2D eigenvalue weighted by Crippen LogP contribution is 2.36. The summed E-state index contributed by atoms with van der Waals surface area (Å²) in [6.45, 7) is 7.30. The van der Waals surface area contributed by atoms with E-state index in [4.69, 9.17) is 9.31 Å². The molecule has 1 aliphatic rings. The number of hydrogen-bond donors (Lipinski definition) is 0. The minimum atomic E-state index is -4.93. The molecule has 21 heavy (non-hydrogen) atoms. The second-order valence-electron chi connectivity index (χ2n) is 5.92. The fourth-order valence-corrected chi connectivity index (χ4v) is 1.85. The van der Waals surface area contributed by atoms with Gasteiger partial charge in [-0.05, 0) is 33.8 Å². The summed E-state index contributed by atoms with van der Waals surface area (Å²) in [7, 11) is -0.858. The highest BCUT2D eigenvalue weighted by atomic mass is 19.4. The Morgan fingerprint density at radius 3 is 2.14 bits per heavy atom. The number of aromatic nitrogens is 1. The van der Waals surface area contributed by atoms with Crippen molar-refractivity contribution in [3.05, 3.63) is 24.0 Å². The van der Waals surface area contributed by atoms with E-state index in [1.165, 1.54) is 6.20 Å². The molecule has 0 amide bonds. The van der Waals surface area contributed by atoms with E-state index >= 15 is 0 Å². The second kappa shape index (κ2) is 4.81. The SMILES string of the molecule is CC1(C)OB(c2cncc(C(=O)C(F)(F)F)c2)OC1(C)C. The summed E-state index contributed by atoms with van der Waals surface area (Å²) >= 11 is 0. The smallest absolute Gasteiger partial charge is 0.399 e. The lowest BCUT2D eigenvalue weighted by atomic mass is 9.79. The van der Waals surface area contributed by atoms with Crippen LogP contribution in [-0.4, -0.2) is 35.3 Å². The number of Topliss-reactive ketones (excluding diaryl/α,β-unsaturated/α-hetero) is 1. The first-order valence-corrected chi connectivity index (χ1v) is 6.36. The lowest BCUT2D eigenvalue weighted by molar-refractivity contribution is -0.0885. The van der Waals surface area contributed by atoms with E-state index in [-0.39, 0.29) is 5.46 Å². The van der Waals surface area contributed by atoms with Gasteiger partial charge in [-0.3, -0.25) is 9.78 Å². The first-order valence-electron chi connectivity index (χ1n) is 6.36. The maximum Gasteiger partial charge on any atom is 0.496 e. The maximum absolute atomic E-state index is 12.5. The van der Waals surface area contributed by atoms with Gasteiger partial charge in [0.1, 0.15) is 0 Å². The molecule has 114 valence electrons. The third-order valence-corrected chi connectivity index (χ3v) is 3.80. The molecule has 1 aromatic heterocycles. The van der Waals surface area contributed by atoms with E-state index < -0.39 is 35.8 Å². The van der Waals surface area contributed by atoms with Crippen molar-refractivity contribution in [2.75, 3.05) is 0 Å². The molecule has 8 heteroatoms. The van der Waals surface area contributed by atoms with Gasteiger partial charge in [0.2, 0.25) is 0 Å². The molecule has 4 nitrogen and oxygen atoms in total. The van der Waals surface area contributed by atoms with E-state index in [1.54, 1.807) is 0 Å². The normalized spacial score (nSPS) is 20.6. The average molecular weight is 301 g/mol. The van der Waals surface area contributed by atoms with Crippen LogP contribution in [0.15, 0.2) is 18.5 Å². The number of ketones is 1. The number of nitrogens with zero attached hydrogens (tertiary/aromatic N) is 1. The van der Waals surface area contributed by atoms with Crippen molar-refractivity contribution in [3.8, 4) is 0 Å². The van der Waals surface area contributed by atoms with Crippen molar-refractivity contribution in [1.82, 2.24) is 4.98 Å². The zero-order valence-electron chi connectivity index (χ0n) is 12.1. The molecule has 0 atom stereocenters. The van der Waals surface area contributed by atoms with E-state index in [9.17, 15) is 18.0 Å². The highest BCUT2D eigenvalue weighted by molar-refractivity contribution is 6.62. The van der Waals surface area contributed by atoms with Crippen molar-refractivity contribution >= 4 is 18.4 Å². The van der Waals surface area contributed by atoms with Gasteiger partial charge in [0.25, 0.3) is 5.78 Å². The number of rotatable bonds is 2. The molecule has 0 unspecified atom stereocenters. The van der Waals surface area contributed by atoms with Crippen LogP contribution in [0.5, 0.6) is 0 Å². The van der Waals surface area contributed by atoms with Gasteiger partial charge in [-0.15, -0.1) is 0 Å². The molecule has 2 heterocycles. The fourth-order valence-electron chi connectivity index (χ4n) is 1.85. The number of halogens is 3. The van der Waals surface area contributed by atoms with Crippen LogP contribution >= 0.6 is 0 Å². The number of pyridine rings is 1. The van der Waals surface area contributed by atoms with Crippen LogP contribution in [0.1, 0.15) is 38.1 Å².